The largest absolute Gasteiger partial charge is 0.311 e. The third-order valence-corrected chi connectivity index (χ3v) is 3.17. The van der Waals surface area contributed by atoms with E-state index in [1.54, 1.807) is 30.5 Å². The molecule has 0 spiro atoms. The van der Waals surface area contributed by atoms with Crippen molar-refractivity contribution in [3.05, 3.63) is 64.7 Å². The van der Waals surface area contributed by atoms with Crippen molar-refractivity contribution in [1.29, 1.82) is 0 Å². The predicted molar refractivity (Wildman–Crippen MR) is 71.2 cm³/mol. The molecule has 18 heavy (non-hydrogen) atoms. The number of halogens is 2. The molecular weight excluding hydrogens is 251 g/mol. The molecule has 0 aliphatic carbocycles. The van der Waals surface area contributed by atoms with Gasteiger partial charge < -0.3 is 5.32 Å². The molecule has 0 aliphatic rings. The molecule has 0 fully saturated rings. The van der Waals surface area contributed by atoms with Crippen LogP contribution >= 0.6 is 11.6 Å². The summed E-state index contributed by atoms with van der Waals surface area (Å²) >= 11 is 6.11. The van der Waals surface area contributed by atoms with Crippen molar-refractivity contribution in [2.24, 2.45) is 0 Å². The molecule has 1 atom stereocenters. The van der Waals surface area contributed by atoms with Gasteiger partial charge >= 0.3 is 0 Å². The molecule has 2 rings (SSSR count). The first-order valence-electron chi connectivity index (χ1n) is 5.73. The minimum atomic E-state index is -0.204. The highest BCUT2D eigenvalue weighted by atomic mass is 35.5. The SMILES string of the molecule is CNC(Cc1ccccc1F)c1ncccc1Cl. The number of likely N-dealkylation sites (N-methyl/N-ethyl adjacent to an activating group) is 1. The summed E-state index contributed by atoms with van der Waals surface area (Å²) in [5, 5.41) is 3.71. The standard InChI is InChI=1S/C14H14ClFN2/c1-17-13(14-11(15)6-4-8-18-14)9-10-5-2-3-7-12(10)16/h2-8,13,17H,9H2,1H3. The number of rotatable bonds is 4. The lowest BCUT2D eigenvalue weighted by molar-refractivity contribution is 0.545. The van der Waals surface area contributed by atoms with Crippen molar-refractivity contribution >= 4 is 11.6 Å². The van der Waals surface area contributed by atoms with Gasteiger partial charge in [0.1, 0.15) is 5.82 Å². The second-order valence-electron chi connectivity index (χ2n) is 4.01. The van der Waals surface area contributed by atoms with Gasteiger partial charge in [0.05, 0.1) is 16.8 Å². The summed E-state index contributed by atoms with van der Waals surface area (Å²) in [7, 11) is 1.82. The molecule has 0 radical (unpaired) electrons. The van der Waals surface area contributed by atoms with E-state index in [4.69, 9.17) is 11.6 Å². The van der Waals surface area contributed by atoms with Crippen molar-refractivity contribution in [1.82, 2.24) is 10.3 Å². The number of hydrogen-bond donors (Lipinski definition) is 1. The van der Waals surface area contributed by atoms with Crippen LogP contribution in [0.3, 0.4) is 0 Å². The Morgan fingerprint density at radius 1 is 1.28 bits per heavy atom. The van der Waals surface area contributed by atoms with Gasteiger partial charge in [-0.3, -0.25) is 4.98 Å². The third kappa shape index (κ3) is 2.86. The summed E-state index contributed by atoms with van der Waals surface area (Å²) in [6.07, 6.45) is 2.20. The number of pyridine rings is 1. The van der Waals surface area contributed by atoms with Crippen molar-refractivity contribution < 1.29 is 4.39 Å². The smallest absolute Gasteiger partial charge is 0.126 e. The number of aromatic nitrogens is 1. The molecule has 1 heterocycles. The van der Waals surface area contributed by atoms with Gasteiger partial charge in [-0.15, -0.1) is 0 Å². The topological polar surface area (TPSA) is 24.9 Å². The fraction of sp³-hybridized carbons (Fsp3) is 0.214. The number of benzene rings is 1. The van der Waals surface area contributed by atoms with Crippen LogP contribution in [0.2, 0.25) is 5.02 Å². The summed E-state index contributed by atoms with van der Waals surface area (Å²) < 4.78 is 13.6. The summed E-state index contributed by atoms with van der Waals surface area (Å²) in [5.41, 5.74) is 1.39. The number of hydrogen-bond acceptors (Lipinski definition) is 2. The van der Waals surface area contributed by atoms with Crippen LogP contribution in [0.1, 0.15) is 17.3 Å². The van der Waals surface area contributed by atoms with Crippen LogP contribution in [-0.2, 0) is 6.42 Å². The van der Waals surface area contributed by atoms with Gasteiger partial charge in [0.15, 0.2) is 0 Å². The average Bonchev–Trinajstić information content (AvgIpc) is 2.39. The van der Waals surface area contributed by atoms with Gasteiger partial charge in [-0.25, -0.2) is 4.39 Å². The van der Waals surface area contributed by atoms with Crippen LogP contribution in [0, 0.1) is 5.82 Å². The summed E-state index contributed by atoms with van der Waals surface area (Å²) in [4.78, 5) is 4.26. The molecule has 1 N–H and O–H groups in total. The van der Waals surface area contributed by atoms with E-state index < -0.39 is 0 Å². The Kier molecular flexibility index (Phi) is 4.28. The molecule has 94 valence electrons. The molecule has 1 aromatic carbocycles. The Labute approximate surface area is 111 Å². The maximum atomic E-state index is 13.6. The molecule has 2 aromatic rings. The quantitative estimate of drug-likeness (QED) is 0.916. The van der Waals surface area contributed by atoms with Crippen LogP contribution in [0.4, 0.5) is 4.39 Å². The lowest BCUT2D eigenvalue weighted by Gasteiger charge is -2.17. The molecule has 0 saturated carbocycles. The highest BCUT2D eigenvalue weighted by Crippen LogP contribution is 2.24. The lowest BCUT2D eigenvalue weighted by atomic mass is 10.0. The summed E-state index contributed by atoms with van der Waals surface area (Å²) in [5.74, 6) is -0.204. The molecule has 0 saturated heterocycles. The second-order valence-corrected chi connectivity index (χ2v) is 4.41. The fourth-order valence-corrected chi connectivity index (χ4v) is 2.13. The first kappa shape index (κ1) is 13.0. The summed E-state index contributed by atoms with van der Waals surface area (Å²) in [6.45, 7) is 0. The highest BCUT2D eigenvalue weighted by Gasteiger charge is 2.16. The van der Waals surface area contributed by atoms with Crippen LogP contribution in [0.5, 0.6) is 0 Å². The Morgan fingerprint density at radius 3 is 2.72 bits per heavy atom. The third-order valence-electron chi connectivity index (χ3n) is 2.85. The van der Waals surface area contributed by atoms with E-state index in [1.807, 2.05) is 13.1 Å². The zero-order valence-corrected chi connectivity index (χ0v) is 10.8. The minimum absolute atomic E-state index is 0.101. The van der Waals surface area contributed by atoms with Gasteiger partial charge in [-0.05, 0) is 37.2 Å². The van der Waals surface area contributed by atoms with E-state index in [2.05, 4.69) is 10.3 Å². The van der Waals surface area contributed by atoms with Crippen molar-refractivity contribution in [2.45, 2.75) is 12.5 Å². The number of nitrogens with zero attached hydrogens (tertiary/aromatic N) is 1. The van der Waals surface area contributed by atoms with E-state index in [9.17, 15) is 4.39 Å². The Balaban J connectivity index is 2.26. The van der Waals surface area contributed by atoms with E-state index in [1.165, 1.54) is 6.07 Å². The minimum Gasteiger partial charge on any atom is -0.311 e. The monoisotopic (exact) mass is 264 g/mol. The van der Waals surface area contributed by atoms with E-state index >= 15 is 0 Å². The molecule has 2 nitrogen and oxygen atoms in total. The first-order valence-corrected chi connectivity index (χ1v) is 6.11. The predicted octanol–water partition coefficient (Wildman–Crippen LogP) is 3.38. The lowest BCUT2D eigenvalue weighted by Crippen LogP contribution is -2.20. The van der Waals surface area contributed by atoms with Gasteiger partial charge in [0, 0.05) is 6.20 Å². The first-order chi connectivity index (χ1) is 8.72. The fourth-order valence-electron chi connectivity index (χ4n) is 1.87. The van der Waals surface area contributed by atoms with E-state index in [0.29, 0.717) is 17.0 Å². The Morgan fingerprint density at radius 2 is 2.06 bits per heavy atom. The second kappa shape index (κ2) is 5.94. The Bertz CT molecular complexity index is 531. The van der Waals surface area contributed by atoms with Gasteiger partial charge in [0.25, 0.3) is 0 Å². The van der Waals surface area contributed by atoms with E-state index in [0.717, 1.165) is 5.69 Å². The van der Waals surface area contributed by atoms with Crippen molar-refractivity contribution in [3.63, 3.8) is 0 Å². The average molecular weight is 265 g/mol. The molecule has 1 aromatic heterocycles. The zero-order valence-electron chi connectivity index (χ0n) is 10.0. The molecule has 0 aliphatic heterocycles. The van der Waals surface area contributed by atoms with Gasteiger partial charge in [0.2, 0.25) is 0 Å². The van der Waals surface area contributed by atoms with Crippen LogP contribution in [0.25, 0.3) is 0 Å². The van der Waals surface area contributed by atoms with Gasteiger partial charge in [-0.1, -0.05) is 29.8 Å². The molecule has 0 bridgehead atoms. The maximum Gasteiger partial charge on any atom is 0.126 e. The zero-order chi connectivity index (χ0) is 13.0. The van der Waals surface area contributed by atoms with Crippen LogP contribution in [0.15, 0.2) is 42.6 Å². The Hall–Kier alpha value is -1.45. The number of nitrogens with one attached hydrogen (secondary N) is 1. The van der Waals surface area contributed by atoms with Crippen molar-refractivity contribution in [2.75, 3.05) is 7.05 Å². The van der Waals surface area contributed by atoms with E-state index in [-0.39, 0.29) is 11.9 Å². The maximum absolute atomic E-state index is 13.6. The highest BCUT2D eigenvalue weighted by molar-refractivity contribution is 6.31. The van der Waals surface area contributed by atoms with Crippen molar-refractivity contribution in [3.8, 4) is 0 Å². The molecule has 4 heteroatoms. The van der Waals surface area contributed by atoms with Crippen LogP contribution in [-0.4, -0.2) is 12.0 Å². The van der Waals surface area contributed by atoms with Crippen LogP contribution < -0.4 is 5.32 Å². The molecule has 1 unspecified atom stereocenters. The normalized spacial score (nSPS) is 12.4. The molecule has 0 amide bonds. The van der Waals surface area contributed by atoms with Gasteiger partial charge in [-0.2, -0.15) is 0 Å². The molecular formula is C14H14ClFN2. The summed E-state index contributed by atoms with van der Waals surface area (Å²) in [6, 6.07) is 10.2.